The van der Waals surface area contributed by atoms with E-state index in [0.717, 1.165) is 6.42 Å². The molecule has 0 bridgehead atoms. The van der Waals surface area contributed by atoms with Crippen LogP contribution in [0, 0.1) is 26.7 Å². The van der Waals surface area contributed by atoms with Crippen LogP contribution >= 0.6 is 0 Å². The lowest BCUT2D eigenvalue weighted by molar-refractivity contribution is 0.200. The van der Waals surface area contributed by atoms with Crippen molar-refractivity contribution in [3.05, 3.63) is 34.4 Å². The van der Waals surface area contributed by atoms with Crippen LogP contribution in [-0.4, -0.2) is 11.7 Å². The number of hydrogen-bond acceptors (Lipinski definition) is 2. The summed E-state index contributed by atoms with van der Waals surface area (Å²) >= 11 is 0. The Morgan fingerprint density at radius 1 is 1.19 bits per heavy atom. The van der Waals surface area contributed by atoms with Gasteiger partial charge in [0.05, 0.1) is 0 Å². The van der Waals surface area contributed by atoms with E-state index in [1.54, 1.807) is 0 Å². The Hall–Kier alpha value is -0.860. The van der Waals surface area contributed by atoms with Crippen molar-refractivity contribution in [1.29, 1.82) is 0 Å². The fourth-order valence-corrected chi connectivity index (χ4v) is 2.45. The fraction of sp³-hybridized carbons (Fsp3) is 0.571. The zero-order chi connectivity index (χ0) is 12.3. The molecule has 0 spiro atoms. The van der Waals surface area contributed by atoms with Gasteiger partial charge in [-0.1, -0.05) is 24.6 Å². The van der Waals surface area contributed by atoms with Gasteiger partial charge in [-0.15, -0.1) is 0 Å². The van der Waals surface area contributed by atoms with Crippen LogP contribution in [-0.2, 0) is 0 Å². The number of nitrogens with two attached hydrogens (primary N) is 1. The van der Waals surface area contributed by atoms with Crippen molar-refractivity contribution in [2.45, 2.75) is 40.2 Å². The fourth-order valence-electron chi connectivity index (χ4n) is 2.45. The first-order valence-electron chi connectivity index (χ1n) is 5.95. The molecule has 90 valence electrons. The minimum Gasteiger partial charge on any atom is -0.396 e. The molecule has 1 aromatic carbocycles. The minimum absolute atomic E-state index is 0.0596. The van der Waals surface area contributed by atoms with E-state index in [0.29, 0.717) is 0 Å². The largest absolute Gasteiger partial charge is 0.396 e. The van der Waals surface area contributed by atoms with Crippen molar-refractivity contribution in [1.82, 2.24) is 0 Å². The molecule has 1 rings (SSSR count). The predicted molar refractivity (Wildman–Crippen MR) is 68.4 cm³/mol. The van der Waals surface area contributed by atoms with Gasteiger partial charge in [-0.2, -0.15) is 0 Å². The van der Waals surface area contributed by atoms with E-state index in [2.05, 4.69) is 39.8 Å². The quantitative estimate of drug-likeness (QED) is 0.821. The topological polar surface area (TPSA) is 46.2 Å². The van der Waals surface area contributed by atoms with Gasteiger partial charge >= 0.3 is 0 Å². The van der Waals surface area contributed by atoms with Crippen LogP contribution in [0.3, 0.4) is 0 Å². The highest BCUT2D eigenvalue weighted by Gasteiger charge is 2.20. The third-order valence-corrected chi connectivity index (χ3v) is 3.34. The lowest BCUT2D eigenvalue weighted by Crippen LogP contribution is -2.25. The van der Waals surface area contributed by atoms with Crippen molar-refractivity contribution in [3.63, 3.8) is 0 Å². The van der Waals surface area contributed by atoms with Crippen molar-refractivity contribution in [2.75, 3.05) is 6.61 Å². The molecule has 2 heteroatoms. The predicted octanol–water partition coefficient (Wildman–Crippen LogP) is 2.63. The summed E-state index contributed by atoms with van der Waals surface area (Å²) in [6, 6.07) is 4.26. The van der Waals surface area contributed by atoms with Crippen molar-refractivity contribution >= 4 is 0 Å². The van der Waals surface area contributed by atoms with Crippen molar-refractivity contribution in [3.8, 4) is 0 Å². The molecule has 0 fully saturated rings. The van der Waals surface area contributed by atoms with Crippen molar-refractivity contribution in [2.24, 2.45) is 11.7 Å². The average Bonchev–Trinajstić information content (AvgIpc) is 2.17. The Bertz CT molecular complexity index is 333. The second-order valence-corrected chi connectivity index (χ2v) is 4.69. The van der Waals surface area contributed by atoms with Gasteiger partial charge in [-0.25, -0.2) is 0 Å². The molecule has 2 unspecified atom stereocenters. The van der Waals surface area contributed by atoms with E-state index in [-0.39, 0.29) is 18.6 Å². The molecule has 0 saturated heterocycles. The molecular weight excluding hydrogens is 198 g/mol. The summed E-state index contributed by atoms with van der Waals surface area (Å²) < 4.78 is 0. The number of aryl methyl sites for hydroxylation is 3. The summed E-state index contributed by atoms with van der Waals surface area (Å²) in [6.45, 7) is 8.52. The normalized spacial score (nSPS) is 14.9. The smallest absolute Gasteiger partial charge is 0.0477 e. The third-order valence-electron chi connectivity index (χ3n) is 3.34. The molecule has 2 atom stereocenters. The SMILES string of the molecule is CCC(CO)C(N)c1c(C)cc(C)cc1C. The van der Waals surface area contributed by atoms with Crippen LogP contribution in [0.25, 0.3) is 0 Å². The molecule has 0 aromatic heterocycles. The number of aliphatic hydroxyl groups excluding tert-OH is 1. The highest BCUT2D eigenvalue weighted by Crippen LogP contribution is 2.28. The monoisotopic (exact) mass is 221 g/mol. The number of aliphatic hydroxyl groups is 1. The summed E-state index contributed by atoms with van der Waals surface area (Å²) in [5.74, 6) is 0.153. The van der Waals surface area contributed by atoms with Crippen LogP contribution in [0.15, 0.2) is 12.1 Å². The van der Waals surface area contributed by atoms with Gasteiger partial charge in [0.15, 0.2) is 0 Å². The van der Waals surface area contributed by atoms with Gasteiger partial charge in [0.1, 0.15) is 0 Å². The summed E-state index contributed by atoms with van der Waals surface area (Å²) in [6.07, 6.45) is 0.907. The van der Waals surface area contributed by atoms with Gasteiger partial charge < -0.3 is 10.8 Å². The van der Waals surface area contributed by atoms with Crippen LogP contribution in [0.1, 0.15) is 41.6 Å². The van der Waals surface area contributed by atoms with Gasteiger partial charge in [0, 0.05) is 18.6 Å². The van der Waals surface area contributed by atoms with E-state index in [4.69, 9.17) is 5.73 Å². The molecule has 1 aromatic rings. The Balaban J connectivity index is 3.12. The Labute approximate surface area is 98.5 Å². The first-order chi connectivity index (χ1) is 7.51. The maximum Gasteiger partial charge on any atom is 0.0477 e. The Morgan fingerprint density at radius 2 is 1.69 bits per heavy atom. The molecule has 0 saturated carbocycles. The van der Waals surface area contributed by atoms with E-state index < -0.39 is 0 Å². The van der Waals surface area contributed by atoms with Crippen LogP contribution in [0.2, 0.25) is 0 Å². The summed E-state index contributed by atoms with van der Waals surface area (Å²) in [5, 5.41) is 9.31. The molecule has 0 aliphatic heterocycles. The first kappa shape index (κ1) is 13.2. The second-order valence-electron chi connectivity index (χ2n) is 4.69. The standard InChI is InChI=1S/C14H23NO/c1-5-12(8-16)14(15)13-10(3)6-9(2)7-11(13)4/h6-7,12,14,16H,5,8,15H2,1-4H3. The Morgan fingerprint density at radius 3 is 2.06 bits per heavy atom. The molecule has 0 aliphatic carbocycles. The maximum absolute atomic E-state index is 9.31. The molecule has 0 radical (unpaired) electrons. The first-order valence-corrected chi connectivity index (χ1v) is 5.95. The molecule has 0 heterocycles. The lowest BCUT2D eigenvalue weighted by atomic mass is 9.86. The zero-order valence-electron chi connectivity index (χ0n) is 10.7. The van der Waals surface area contributed by atoms with Gasteiger partial charge in [0.25, 0.3) is 0 Å². The average molecular weight is 221 g/mol. The molecule has 2 nitrogen and oxygen atoms in total. The summed E-state index contributed by atoms with van der Waals surface area (Å²) in [5.41, 5.74) is 11.2. The van der Waals surface area contributed by atoms with E-state index in [1.165, 1.54) is 22.3 Å². The third kappa shape index (κ3) is 2.63. The molecule has 3 N–H and O–H groups in total. The number of hydrogen-bond donors (Lipinski definition) is 2. The number of benzene rings is 1. The van der Waals surface area contributed by atoms with E-state index in [9.17, 15) is 5.11 Å². The molecular formula is C14H23NO. The van der Waals surface area contributed by atoms with Crippen LogP contribution in [0.5, 0.6) is 0 Å². The second kappa shape index (κ2) is 5.46. The molecule has 0 amide bonds. The van der Waals surface area contributed by atoms with Gasteiger partial charge in [-0.3, -0.25) is 0 Å². The van der Waals surface area contributed by atoms with Crippen LogP contribution in [0.4, 0.5) is 0 Å². The molecule has 16 heavy (non-hydrogen) atoms. The summed E-state index contributed by atoms with van der Waals surface area (Å²) in [7, 11) is 0. The molecule has 0 aliphatic rings. The zero-order valence-corrected chi connectivity index (χ0v) is 10.7. The highest BCUT2D eigenvalue weighted by atomic mass is 16.3. The maximum atomic E-state index is 9.31. The van der Waals surface area contributed by atoms with Crippen LogP contribution < -0.4 is 5.73 Å². The van der Waals surface area contributed by atoms with Gasteiger partial charge in [-0.05, 0) is 43.9 Å². The van der Waals surface area contributed by atoms with E-state index in [1.807, 2.05) is 0 Å². The minimum atomic E-state index is -0.0596. The van der Waals surface area contributed by atoms with Gasteiger partial charge in [0.2, 0.25) is 0 Å². The summed E-state index contributed by atoms with van der Waals surface area (Å²) in [4.78, 5) is 0. The highest BCUT2D eigenvalue weighted by molar-refractivity contribution is 5.39. The van der Waals surface area contributed by atoms with E-state index >= 15 is 0 Å². The van der Waals surface area contributed by atoms with Crippen molar-refractivity contribution < 1.29 is 5.11 Å². The lowest BCUT2D eigenvalue weighted by Gasteiger charge is -2.24. The number of rotatable bonds is 4. The Kier molecular flexibility index (Phi) is 4.51.